The summed E-state index contributed by atoms with van der Waals surface area (Å²) in [6, 6.07) is 35.6. The zero-order valence-electron chi connectivity index (χ0n) is 48.2. The van der Waals surface area contributed by atoms with Crippen molar-refractivity contribution >= 4 is 41.1 Å². The fraction of sp³-hybridized carbons (Fsp3) is 0.426. The molecule has 3 heterocycles. The lowest BCUT2D eigenvalue weighted by atomic mass is 10.1. The molecule has 0 aliphatic carbocycles. The number of benzene rings is 5. The van der Waals surface area contributed by atoms with Gasteiger partial charge in [0.25, 0.3) is 0 Å². The van der Waals surface area contributed by atoms with Crippen LogP contribution in [0, 0.1) is 0 Å². The van der Waals surface area contributed by atoms with Gasteiger partial charge in [0.15, 0.2) is 0 Å². The molecule has 5 amide bonds. The third kappa shape index (κ3) is 37.5. The van der Waals surface area contributed by atoms with E-state index < -0.39 is 12.2 Å². The molecule has 5 aromatic rings. The largest absolute Gasteiger partial charge is 0.872 e. The van der Waals surface area contributed by atoms with Crippen LogP contribution >= 0.6 is 11.6 Å². The number of alkyl halides is 1. The number of ether oxygens (including phenoxy) is 7. The third-order valence-corrected chi connectivity index (χ3v) is 11.5. The van der Waals surface area contributed by atoms with E-state index in [0.717, 1.165) is 59.1 Å². The molecular formula is C61H83ClN7O15-. The van der Waals surface area contributed by atoms with E-state index in [1.54, 1.807) is 60.7 Å². The molecule has 3 aliphatic heterocycles. The number of carbonyl (C=O) groups is 5. The number of nitrogens with one attached hydrogen (secondary N) is 2. The number of halogens is 1. The lowest BCUT2D eigenvalue weighted by Crippen LogP contribution is -2.35. The first-order chi connectivity index (χ1) is 40.0. The zero-order chi connectivity index (χ0) is 61.8. The molecule has 5 aromatic carbocycles. The minimum absolute atomic E-state index is 0.0572. The van der Waals surface area contributed by atoms with Crippen molar-refractivity contribution in [3.05, 3.63) is 149 Å². The maximum atomic E-state index is 10.7. The molecule has 14 N–H and O–H groups in total. The van der Waals surface area contributed by atoms with Crippen LogP contribution in [0.4, 0.5) is 0 Å². The SMILES string of the molecule is CC(C)NC[C@@H](O)COc1ccc(CC(N)=O)cc1.CC(C)NC[C@H](O)COc1ccc(CC(N)=O)cc1.ClC[C@@H]1CO1.NC(=O)Cc1ccc(OC[C@@H]2CO2)cc1.NC(=O)Cc1ccc(OC[C@H]2CO2)cc1.NC(=O)Cc1ccc([O-])cc1. The quantitative estimate of drug-likeness (QED) is 0.0245. The highest BCUT2D eigenvalue weighted by atomic mass is 35.5. The monoisotopic (exact) mass is 1190 g/mol. The van der Waals surface area contributed by atoms with Crippen LogP contribution in [0.25, 0.3) is 0 Å². The van der Waals surface area contributed by atoms with Gasteiger partial charge in [0.05, 0.1) is 63.9 Å². The van der Waals surface area contributed by atoms with E-state index in [-0.39, 0.29) is 92.8 Å². The van der Waals surface area contributed by atoms with Crippen molar-refractivity contribution in [3.8, 4) is 28.7 Å². The summed E-state index contributed by atoms with van der Waals surface area (Å²) in [4.78, 5) is 53.2. The lowest BCUT2D eigenvalue weighted by molar-refractivity contribution is -0.268. The second-order valence-electron chi connectivity index (χ2n) is 20.1. The van der Waals surface area contributed by atoms with E-state index >= 15 is 0 Å². The maximum Gasteiger partial charge on any atom is 0.221 e. The Morgan fingerprint density at radius 1 is 0.464 bits per heavy atom. The number of primary amides is 5. The molecule has 460 valence electrons. The summed E-state index contributed by atoms with van der Waals surface area (Å²) in [6.45, 7) is 13.2. The van der Waals surface area contributed by atoms with Gasteiger partial charge in [-0.3, -0.25) is 24.0 Å². The number of rotatable bonds is 29. The van der Waals surface area contributed by atoms with E-state index in [2.05, 4.69) is 10.6 Å². The molecule has 22 nitrogen and oxygen atoms in total. The second kappa shape index (κ2) is 39.9. The van der Waals surface area contributed by atoms with E-state index in [9.17, 15) is 39.3 Å². The summed E-state index contributed by atoms with van der Waals surface area (Å²) < 4.78 is 36.6. The third-order valence-electron chi connectivity index (χ3n) is 11.2. The highest BCUT2D eigenvalue weighted by Gasteiger charge is 2.24. The Hall–Kier alpha value is -7.54. The second-order valence-corrected chi connectivity index (χ2v) is 20.4. The number of aliphatic hydroxyl groups excluding tert-OH is 2. The van der Waals surface area contributed by atoms with Crippen LogP contribution < -0.4 is 63.4 Å². The summed E-state index contributed by atoms with van der Waals surface area (Å²) in [5.74, 6) is 1.77. The zero-order valence-corrected chi connectivity index (χ0v) is 48.9. The molecule has 0 aromatic heterocycles. The topological polar surface area (TPSA) is 378 Å². The molecule has 0 bridgehead atoms. The Morgan fingerprint density at radius 2 is 0.702 bits per heavy atom. The number of aliphatic hydroxyl groups is 2. The molecule has 84 heavy (non-hydrogen) atoms. The van der Waals surface area contributed by atoms with Gasteiger partial charge in [-0.15, -0.1) is 17.4 Å². The summed E-state index contributed by atoms with van der Waals surface area (Å²) in [6.07, 6.45) is 1.00. The van der Waals surface area contributed by atoms with Crippen LogP contribution in [0.15, 0.2) is 121 Å². The van der Waals surface area contributed by atoms with Crippen LogP contribution in [0.3, 0.4) is 0 Å². The number of carbonyl (C=O) groups excluding carboxylic acids is 5. The van der Waals surface area contributed by atoms with Gasteiger partial charge in [0.2, 0.25) is 29.5 Å². The number of nitrogens with two attached hydrogens (primary N) is 5. The first-order valence-electron chi connectivity index (χ1n) is 27.3. The highest BCUT2D eigenvalue weighted by Crippen LogP contribution is 2.19. The van der Waals surface area contributed by atoms with Gasteiger partial charge in [-0.1, -0.05) is 100 Å². The van der Waals surface area contributed by atoms with E-state index in [1.807, 2.05) is 76.2 Å². The number of epoxide rings is 3. The number of amides is 5. The molecule has 3 fully saturated rings. The molecule has 0 saturated carbocycles. The van der Waals surface area contributed by atoms with Crippen molar-refractivity contribution < 1.29 is 72.5 Å². The van der Waals surface area contributed by atoms with Crippen LogP contribution in [-0.2, 0) is 70.3 Å². The summed E-state index contributed by atoms with van der Waals surface area (Å²) >= 11 is 5.27. The van der Waals surface area contributed by atoms with E-state index in [0.29, 0.717) is 61.9 Å². The predicted octanol–water partition coefficient (Wildman–Crippen LogP) is 2.30. The van der Waals surface area contributed by atoms with E-state index in [4.69, 9.17) is 73.4 Å². The van der Waals surface area contributed by atoms with Crippen molar-refractivity contribution in [2.24, 2.45) is 28.7 Å². The normalized spacial score (nSPS) is 15.5. The van der Waals surface area contributed by atoms with Gasteiger partial charge in [-0.05, 0) is 76.3 Å². The molecular weight excluding hydrogens is 1110 g/mol. The molecule has 5 atom stereocenters. The van der Waals surface area contributed by atoms with Gasteiger partial charge in [0, 0.05) is 25.2 Å². The summed E-state index contributed by atoms with van der Waals surface area (Å²) in [7, 11) is 0. The van der Waals surface area contributed by atoms with Gasteiger partial charge in [0.1, 0.15) is 73.8 Å². The molecule has 3 aliphatic rings. The van der Waals surface area contributed by atoms with Crippen LogP contribution in [0.5, 0.6) is 28.7 Å². The Labute approximate surface area is 496 Å². The fourth-order valence-electron chi connectivity index (χ4n) is 6.54. The number of hydrogen-bond acceptors (Lipinski definition) is 17. The Kier molecular flexibility index (Phi) is 33.6. The van der Waals surface area contributed by atoms with Gasteiger partial charge in [-0.25, -0.2) is 0 Å². The Bertz CT molecular complexity index is 2510. The summed E-state index contributed by atoms with van der Waals surface area (Å²) in [5.41, 5.74) is 29.6. The molecule has 0 radical (unpaired) electrons. The van der Waals surface area contributed by atoms with Crippen molar-refractivity contribution in [3.63, 3.8) is 0 Å². The van der Waals surface area contributed by atoms with Crippen LogP contribution in [-0.4, -0.2) is 148 Å². The molecule has 0 unspecified atom stereocenters. The lowest BCUT2D eigenvalue weighted by Gasteiger charge is -2.15. The van der Waals surface area contributed by atoms with Crippen LogP contribution in [0.2, 0.25) is 0 Å². The van der Waals surface area contributed by atoms with Gasteiger partial charge in [-0.2, -0.15) is 0 Å². The Morgan fingerprint density at radius 3 is 0.905 bits per heavy atom. The maximum absolute atomic E-state index is 10.7. The predicted molar refractivity (Wildman–Crippen MR) is 316 cm³/mol. The average Bonchev–Trinajstić information content (AvgIpc) is 4.33. The van der Waals surface area contributed by atoms with Gasteiger partial charge < -0.3 is 87.8 Å². The first kappa shape index (κ1) is 70.7. The number of hydrogen-bond donors (Lipinski definition) is 9. The molecule has 23 heteroatoms. The van der Waals surface area contributed by atoms with E-state index in [1.165, 1.54) is 12.1 Å². The molecule has 8 rings (SSSR count). The minimum Gasteiger partial charge on any atom is -0.872 e. The highest BCUT2D eigenvalue weighted by molar-refractivity contribution is 6.18. The average molecular weight is 1190 g/mol. The van der Waals surface area contributed by atoms with Crippen LogP contribution in [0.1, 0.15) is 55.5 Å². The minimum atomic E-state index is -0.548. The van der Waals surface area contributed by atoms with Gasteiger partial charge >= 0.3 is 0 Å². The standard InChI is InChI=1S/2C14H22N2O3.2C11H13NO3.C8H9NO2.C3H5ClO/c2*1-10(2)16-8-12(17)9-19-13-5-3-11(4-6-13)7-14(15)18;2*12-11(13)5-8-1-3-9(4-2-8)14-6-10-7-15-10;9-8(11)5-6-1-3-7(10)4-2-6;4-1-3-2-5-3/h2*3-6,10,12,16-17H,7-9H2,1-2H3,(H2,15,18);2*1-4,10H,5-7H2,(H2,12,13);1-4,10H,5H2,(H2,9,11);3H,1-2H2/p-1/t2*12-;2*10-;;3-/m1010.1/s1. The molecule has 0 spiro atoms. The first-order valence-corrected chi connectivity index (χ1v) is 27.8. The smallest absolute Gasteiger partial charge is 0.221 e. The van der Waals surface area contributed by atoms with Crippen molar-refractivity contribution in [2.45, 2.75) is 102 Å². The van der Waals surface area contributed by atoms with Crippen molar-refractivity contribution in [2.75, 3.05) is 65.2 Å². The fourth-order valence-corrected chi connectivity index (χ4v) is 6.72. The summed E-state index contributed by atoms with van der Waals surface area (Å²) in [5, 5.41) is 36.2. The Balaban J connectivity index is 0.000000271. The van der Waals surface area contributed by atoms with Crippen molar-refractivity contribution in [1.29, 1.82) is 0 Å². The van der Waals surface area contributed by atoms with Crippen molar-refractivity contribution in [1.82, 2.24) is 10.6 Å². The molecule has 3 saturated heterocycles.